The summed E-state index contributed by atoms with van der Waals surface area (Å²) in [6.07, 6.45) is 8.03. The summed E-state index contributed by atoms with van der Waals surface area (Å²) >= 11 is 1.85. The molecule has 5 nitrogen and oxygen atoms in total. The van der Waals surface area contributed by atoms with Crippen molar-refractivity contribution in [3.8, 4) is 0 Å². The molecule has 1 aliphatic carbocycles. The van der Waals surface area contributed by atoms with Gasteiger partial charge in [0.2, 0.25) is 0 Å². The molecular formula is C18H23N5S. The molecular weight excluding hydrogens is 318 g/mol. The molecule has 0 amide bonds. The summed E-state index contributed by atoms with van der Waals surface area (Å²) in [5.41, 5.74) is 0.894. The molecule has 0 aromatic carbocycles. The van der Waals surface area contributed by atoms with Crippen molar-refractivity contribution in [2.75, 3.05) is 0 Å². The van der Waals surface area contributed by atoms with Crippen molar-refractivity contribution in [1.82, 2.24) is 24.9 Å². The molecule has 0 saturated heterocycles. The normalized spacial score (nSPS) is 16.6. The first-order chi connectivity index (χ1) is 11.7. The van der Waals surface area contributed by atoms with Crippen LogP contribution in [0.4, 0.5) is 0 Å². The molecule has 1 atom stereocenters. The summed E-state index contributed by atoms with van der Waals surface area (Å²) in [5, 5.41) is 13.7. The maximum absolute atomic E-state index is 4.62. The molecule has 24 heavy (non-hydrogen) atoms. The topological polar surface area (TPSA) is 55.1 Å². The zero-order valence-corrected chi connectivity index (χ0v) is 15.0. The second-order valence-corrected chi connectivity index (χ2v) is 8.03. The Kier molecular flexibility index (Phi) is 4.33. The van der Waals surface area contributed by atoms with E-state index in [2.05, 4.69) is 38.7 Å². The molecule has 3 aromatic rings. The number of aromatic nitrogens is 4. The largest absolute Gasteiger partial charge is 0.302 e. The summed E-state index contributed by atoms with van der Waals surface area (Å²) in [6.45, 7) is 5.26. The lowest BCUT2D eigenvalue weighted by Gasteiger charge is -2.22. The van der Waals surface area contributed by atoms with Crippen LogP contribution in [-0.4, -0.2) is 19.6 Å². The maximum Gasteiger partial charge on any atom is 0.160 e. The van der Waals surface area contributed by atoms with Gasteiger partial charge in [-0.2, -0.15) is 0 Å². The van der Waals surface area contributed by atoms with Crippen molar-refractivity contribution >= 4 is 17.0 Å². The van der Waals surface area contributed by atoms with E-state index >= 15 is 0 Å². The number of thiazole rings is 1. The molecule has 3 heterocycles. The number of fused-ring (bicyclic) bond motifs is 1. The zero-order chi connectivity index (χ0) is 16.5. The fraction of sp³-hybridized carbons (Fsp3) is 0.500. The van der Waals surface area contributed by atoms with Gasteiger partial charge in [0, 0.05) is 29.7 Å². The summed E-state index contributed by atoms with van der Waals surface area (Å²) in [5.74, 6) is 2.12. The Labute approximate surface area is 146 Å². The van der Waals surface area contributed by atoms with Gasteiger partial charge in [0.25, 0.3) is 0 Å². The quantitative estimate of drug-likeness (QED) is 0.738. The highest BCUT2D eigenvalue weighted by Crippen LogP contribution is 2.38. The highest BCUT2D eigenvalue weighted by Gasteiger charge is 2.24. The first-order valence-electron chi connectivity index (χ1n) is 8.70. The first-order valence-corrected chi connectivity index (χ1v) is 9.51. The van der Waals surface area contributed by atoms with E-state index < -0.39 is 0 Å². The van der Waals surface area contributed by atoms with Gasteiger partial charge in [0.05, 0.1) is 11.0 Å². The zero-order valence-electron chi connectivity index (χ0n) is 14.1. The van der Waals surface area contributed by atoms with Gasteiger partial charge < -0.3 is 5.32 Å². The molecule has 1 N–H and O–H groups in total. The standard InChI is InChI=1S/C18H23N5S/c1-12(2)16(17-22-21-15-8-3-4-9-23(15)17)19-10-14-11-20-18(24-14)13-6-5-7-13/h3-4,8-9,11-13,16,19H,5-7,10H2,1-2H3/t16-/m0/s1. The lowest BCUT2D eigenvalue weighted by Crippen LogP contribution is -2.27. The van der Waals surface area contributed by atoms with Crippen molar-refractivity contribution < 1.29 is 0 Å². The second-order valence-electron chi connectivity index (χ2n) is 6.88. The molecule has 0 spiro atoms. The average molecular weight is 341 g/mol. The van der Waals surface area contributed by atoms with E-state index in [1.807, 2.05) is 41.9 Å². The van der Waals surface area contributed by atoms with E-state index in [0.29, 0.717) is 11.8 Å². The monoisotopic (exact) mass is 341 g/mol. The molecule has 3 aromatic heterocycles. The average Bonchev–Trinajstić information content (AvgIpc) is 3.13. The predicted octanol–water partition coefficient (Wildman–Crippen LogP) is 3.94. The Hall–Kier alpha value is -1.79. The SMILES string of the molecule is CC(C)[C@H](NCc1cnc(C2CCC2)s1)c1nnc2ccccn12. The number of rotatable bonds is 6. The molecule has 0 unspecified atom stereocenters. The molecule has 0 radical (unpaired) electrons. The molecule has 126 valence electrons. The Morgan fingerprint density at radius 2 is 2.17 bits per heavy atom. The number of nitrogens with one attached hydrogen (secondary N) is 1. The van der Waals surface area contributed by atoms with E-state index in [0.717, 1.165) is 18.0 Å². The second kappa shape index (κ2) is 6.61. The third kappa shape index (κ3) is 2.96. The van der Waals surface area contributed by atoms with Gasteiger partial charge in [-0.15, -0.1) is 21.5 Å². The molecule has 0 aliphatic heterocycles. The summed E-state index contributed by atoms with van der Waals surface area (Å²) in [4.78, 5) is 5.92. The van der Waals surface area contributed by atoms with Crippen LogP contribution in [0.15, 0.2) is 30.6 Å². The lowest BCUT2D eigenvalue weighted by molar-refractivity contribution is 0.391. The van der Waals surface area contributed by atoms with E-state index in [1.54, 1.807) is 0 Å². The van der Waals surface area contributed by atoms with E-state index in [4.69, 9.17) is 0 Å². The van der Waals surface area contributed by atoms with Gasteiger partial charge in [0.1, 0.15) is 0 Å². The number of pyridine rings is 1. The van der Waals surface area contributed by atoms with Gasteiger partial charge in [-0.1, -0.05) is 26.3 Å². The van der Waals surface area contributed by atoms with Crippen molar-refractivity contribution in [3.63, 3.8) is 0 Å². The van der Waals surface area contributed by atoms with Gasteiger partial charge >= 0.3 is 0 Å². The Bertz CT molecular complexity index is 818. The Morgan fingerprint density at radius 1 is 1.29 bits per heavy atom. The molecule has 1 fully saturated rings. The van der Waals surface area contributed by atoms with Crippen LogP contribution in [-0.2, 0) is 6.54 Å². The Balaban J connectivity index is 1.50. The van der Waals surface area contributed by atoms with Crippen LogP contribution in [0, 0.1) is 5.92 Å². The van der Waals surface area contributed by atoms with E-state index in [-0.39, 0.29) is 6.04 Å². The van der Waals surface area contributed by atoms with Gasteiger partial charge in [-0.05, 0) is 30.9 Å². The van der Waals surface area contributed by atoms with Gasteiger partial charge in [-0.25, -0.2) is 4.98 Å². The molecule has 1 saturated carbocycles. The van der Waals surface area contributed by atoms with Gasteiger partial charge in [0.15, 0.2) is 11.5 Å². The fourth-order valence-electron chi connectivity index (χ4n) is 3.16. The summed E-state index contributed by atoms with van der Waals surface area (Å²) < 4.78 is 2.07. The van der Waals surface area contributed by atoms with Crippen LogP contribution in [0.5, 0.6) is 0 Å². The van der Waals surface area contributed by atoms with Crippen LogP contribution < -0.4 is 5.32 Å². The van der Waals surface area contributed by atoms with Crippen LogP contribution >= 0.6 is 11.3 Å². The van der Waals surface area contributed by atoms with Crippen molar-refractivity contribution in [3.05, 3.63) is 46.3 Å². The number of hydrogen-bond donors (Lipinski definition) is 1. The summed E-state index contributed by atoms with van der Waals surface area (Å²) in [6, 6.07) is 6.16. The minimum Gasteiger partial charge on any atom is -0.302 e. The maximum atomic E-state index is 4.62. The minimum atomic E-state index is 0.164. The van der Waals surface area contributed by atoms with Crippen LogP contribution in [0.1, 0.15) is 60.8 Å². The van der Waals surface area contributed by atoms with E-state index in [9.17, 15) is 0 Å². The fourth-order valence-corrected chi connectivity index (χ4v) is 4.19. The third-order valence-corrected chi connectivity index (χ3v) is 5.97. The van der Waals surface area contributed by atoms with Gasteiger partial charge in [-0.3, -0.25) is 4.40 Å². The number of hydrogen-bond acceptors (Lipinski definition) is 5. The van der Waals surface area contributed by atoms with Crippen LogP contribution in [0.25, 0.3) is 5.65 Å². The molecule has 6 heteroatoms. The highest BCUT2D eigenvalue weighted by atomic mass is 32.1. The highest BCUT2D eigenvalue weighted by molar-refractivity contribution is 7.11. The Morgan fingerprint density at radius 3 is 2.92 bits per heavy atom. The van der Waals surface area contributed by atoms with Crippen LogP contribution in [0.2, 0.25) is 0 Å². The first kappa shape index (κ1) is 15.7. The summed E-state index contributed by atoms with van der Waals surface area (Å²) in [7, 11) is 0. The van der Waals surface area contributed by atoms with Crippen molar-refractivity contribution in [1.29, 1.82) is 0 Å². The molecule has 0 bridgehead atoms. The van der Waals surface area contributed by atoms with Crippen molar-refractivity contribution in [2.45, 2.75) is 51.6 Å². The third-order valence-electron chi connectivity index (χ3n) is 4.81. The van der Waals surface area contributed by atoms with E-state index in [1.165, 1.54) is 29.1 Å². The smallest absolute Gasteiger partial charge is 0.160 e. The molecule has 1 aliphatic rings. The molecule has 4 rings (SSSR count). The van der Waals surface area contributed by atoms with Crippen molar-refractivity contribution in [2.24, 2.45) is 5.92 Å². The lowest BCUT2D eigenvalue weighted by atomic mass is 9.86. The minimum absolute atomic E-state index is 0.164. The predicted molar refractivity (Wildman–Crippen MR) is 96.1 cm³/mol. The van der Waals surface area contributed by atoms with Crippen LogP contribution in [0.3, 0.4) is 0 Å². The number of nitrogens with zero attached hydrogens (tertiary/aromatic N) is 4.